The van der Waals surface area contributed by atoms with Gasteiger partial charge in [-0.05, 0) is 26.0 Å². The predicted molar refractivity (Wildman–Crippen MR) is 72.3 cm³/mol. The minimum atomic E-state index is -0.0691. The van der Waals surface area contributed by atoms with Gasteiger partial charge in [-0.25, -0.2) is 0 Å². The zero-order valence-corrected chi connectivity index (χ0v) is 10.6. The molecule has 1 unspecified atom stereocenters. The number of hydrogen-bond donors (Lipinski definition) is 1. The molecule has 1 aliphatic rings. The second-order valence-electron chi connectivity index (χ2n) is 4.55. The van der Waals surface area contributed by atoms with Crippen LogP contribution in [0.15, 0.2) is 40.4 Å². The molecule has 1 heterocycles. The molecular formula is C13H17N4O+. The van der Waals surface area contributed by atoms with Crippen molar-refractivity contribution in [3.8, 4) is 0 Å². The lowest BCUT2D eigenvalue weighted by molar-refractivity contribution is -0.853. The van der Waals surface area contributed by atoms with Gasteiger partial charge in [0.25, 0.3) is 5.91 Å². The third-order valence-electron chi connectivity index (χ3n) is 2.95. The Morgan fingerprint density at radius 2 is 2.06 bits per heavy atom. The number of nitrogens with one attached hydrogen (secondary N) is 1. The first kappa shape index (κ1) is 12.4. The Labute approximate surface area is 106 Å². The summed E-state index contributed by atoms with van der Waals surface area (Å²) in [6, 6.07) is 9.58. The molecule has 1 amide bonds. The van der Waals surface area contributed by atoms with E-state index in [9.17, 15) is 4.79 Å². The minimum absolute atomic E-state index is 0.0691. The number of rotatable bonds is 4. The fourth-order valence-electron chi connectivity index (χ4n) is 1.78. The first-order valence-electron chi connectivity index (χ1n) is 5.93. The second-order valence-corrected chi connectivity index (χ2v) is 4.55. The van der Waals surface area contributed by atoms with E-state index in [0.29, 0.717) is 0 Å². The average Bonchev–Trinajstić information content (AvgIpc) is 2.80. The number of quaternary nitrogens is 1. The van der Waals surface area contributed by atoms with Crippen LogP contribution in [0.1, 0.15) is 13.8 Å². The van der Waals surface area contributed by atoms with Gasteiger partial charge in [0.05, 0.1) is 0 Å². The van der Waals surface area contributed by atoms with Gasteiger partial charge in [-0.1, -0.05) is 23.3 Å². The number of nitrogens with zero attached hydrogens (tertiary/aromatic N) is 3. The summed E-state index contributed by atoms with van der Waals surface area (Å²) in [7, 11) is 0. The van der Waals surface area contributed by atoms with Gasteiger partial charge in [-0.3, -0.25) is 4.79 Å². The van der Waals surface area contributed by atoms with Crippen LogP contribution in [0.5, 0.6) is 0 Å². The van der Waals surface area contributed by atoms with Crippen molar-refractivity contribution in [1.82, 2.24) is 0 Å². The van der Waals surface area contributed by atoms with Crippen LogP contribution in [0.4, 0.5) is 5.69 Å². The Hall–Kier alpha value is -2.01. The second kappa shape index (κ2) is 5.10. The number of anilines is 1. The van der Waals surface area contributed by atoms with Crippen molar-refractivity contribution in [3.05, 3.63) is 30.3 Å². The van der Waals surface area contributed by atoms with Crippen LogP contribution < -0.4 is 5.32 Å². The van der Waals surface area contributed by atoms with Crippen LogP contribution in [0.2, 0.25) is 0 Å². The van der Waals surface area contributed by atoms with E-state index in [0.717, 1.165) is 5.69 Å². The van der Waals surface area contributed by atoms with E-state index in [-0.39, 0.29) is 23.1 Å². The van der Waals surface area contributed by atoms with Gasteiger partial charge >= 0.3 is 0 Å². The van der Waals surface area contributed by atoms with Crippen molar-refractivity contribution in [2.45, 2.75) is 19.9 Å². The number of amides is 1. The zero-order chi connectivity index (χ0) is 13.0. The smallest absolute Gasteiger partial charge is 0.282 e. The lowest BCUT2D eigenvalue weighted by Gasteiger charge is -2.27. The third-order valence-corrected chi connectivity index (χ3v) is 2.95. The summed E-state index contributed by atoms with van der Waals surface area (Å²) in [5, 5.41) is 7.14. The van der Waals surface area contributed by atoms with Gasteiger partial charge in [-0.2, -0.15) is 4.99 Å². The Kier molecular flexibility index (Phi) is 3.53. The molecule has 5 nitrogen and oxygen atoms in total. The Bertz CT molecular complexity index is 467. The molecule has 1 aromatic carbocycles. The van der Waals surface area contributed by atoms with Gasteiger partial charge in [0.15, 0.2) is 12.9 Å². The Morgan fingerprint density at radius 3 is 2.61 bits per heavy atom. The molecule has 18 heavy (non-hydrogen) atoms. The summed E-state index contributed by atoms with van der Waals surface area (Å²) < 4.78 is 0.221. The summed E-state index contributed by atoms with van der Waals surface area (Å²) in [6.07, 6.45) is 3.20. The standard InChI is InChI=1S/C13H16N4O/c1-11(2)17(10-14-9-15-17)8-13(18)16-12-6-4-3-5-7-12/h3-7,9-11H,8H2,1-2H3/p+1. The highest BCUT2D eigenvalue weighted by Crippen LogP contribution is 2.15. The Morgan fingerprint density at radius 1 is 1.33 bits per heavy atom. The van der Waals surface area contributed by atoms with Crippen molar-refractivity contribution in [1.29, 1.82) is 0 Å². The SMILES string of the molecule is CC(C)[N+]1(CC(=O)Nc2ccccc2)C=NC=N1. The molecule has 0 aliphatic carbocycles. The molecule has 1 aromatic rings. The molecular weight excluding hydrogens is 228 g/mol. The minimum Gasteiger partial charge on any atom is -0.321 e. The molecule has 2 rings (SSSR count). The highest BCUT2D eigenvalue weighted by atomic mass is 16.2. The van der Waals surface area contributed by atoms with Crippen LogP contribution in [-0.4, -0.2) is 35.8 Å². The molecule has 1 aliphatic heterocycles. The summed E-state index contributed by atoms with van der Waals surface area (Å²) >= 11 is 0. The number of para-hydroxylation sites is 1. The van der Waals surface area contributed by atoms with E-state index >= 15 is 0 Å². The van der Waals surface area contributed by atoms with E-state index in [1.54, 1.807) is 6.34 Å². The molecule has 1 N–H and O–H groups in total. The molecule has 0 saturated heterocycles. The van der Waals surface area contributed by atoms with Crippen molar-refractivity contribution in [3.63, 3.8) is 0 Å². The van der Waals surface area contributed by atoms with E-state index in [2.05, 4.69) is 15.4 Å². The molecule has 0 aromatic heterocycles. The lowest BCUT2D eigenvalue weighted by Crippen LogP contribution is -2.50. The molecule has 0 spiro atoms. The fourth-order valence-corrected chi connectivity index (χ4v) is 1.78. The number of hydrogen-bond acceptors (Lipinski definition) is 3. The first-order valence-corrected chi connectivity index (χ1v) is 5.93. The van der Waals surface area contributed by atoms with Gasteiger partial charge in [0, 0.05) is 5.69 Å². The van der Waals surface area contributed by atoms with E-state index < -0.39 is 0 Å². The number of benzene rings is 1. The molecule has 1 atom stereocenters. The van der Waals surface area contributed by atoms with Gasteiger partial charge < -0.3 is 5.32 Å². The largest absolute Gasteiger partial charge is 0.321 e. The van der Waals surface area contributed by atoms with E-state index in [1.807, 2.05) is 44.2 Å². The number of carbonyl (C=O) groups is 1. The molecule has 94 valence electrons. The molecule has 0 saturated carbocycles. The highest BCUT2D eigenvalue weighted by molar-refractivity contribution is 5.92. The molecule has 0 bridgehead atoms. The normalized spacial score (nSPS) is 21.5. The topological polar surface area (TPSA) is 53.8 Å². The number of carbonyl (C=O) groups excluding carboxylic acids is 1. The van der Waals surface area contributed by atoms with Crippen LogP contribution in [0, 0.1) is 0 Å². The van der Waals surface area contributed by atoms with Crippen LogP contribution in [0.25, 0.3) is 0 Å². The zero-order valence-electron chi connectivity index (χ0n) is 10.6. The maximum absolute atomic E-state index is 12.0. The van der Waals surface area contributed by atoms with Gasteiger partial charge in [0.1, 0.15) is 6.04 Å². The fraction of sp³-hybridized carbons (Fsp3) is 0.308. The van der Waals surface area contributed by atoms with E-state index in [4.69, 9.17) is 0 Å². The molecule has 5 heteroatoms. The molecule has 0 radical (unpaired) electrons. The van der Waals surface area contributed by atoms with E-state index in [1.165, 1.54) is 6.34 Å². The van der Waals surface area contributed by atoms with Gasteiger partial charge in [0.2, 0.25) is 6.34 Å². The summed E-state index contributed by atoms with van der Waals surface area (Å²) in [4.78, 5) is 16.0. The summed E-state index contributed by atoms with van der Waals surface area (Å²) in [5.74, 6) is -0.0691. The van der Waals surface area contributed by atoms with Crippen molar-refractivity contribution >= 4 is 24.3 Å². The van der Waals surface area contributed by atoms with Crippen LogP contribution >= 0.6 is 0 Å². The average molecular weight is 245 g/mol. The quantitative estimate of drug-likeness (QED) is 0.808. The predicted octanol–water partition coefficient (Wildman–Crippen LogP) is 1.84. The Balaban J connectivity index is 2.03. The maximum Gasteiger partial charge on any atom is 0.282 e. The molecule has 0 fully saturated rings. The summed E-state index contributed by atoms with van der Waals surface area (Å²) in [5.41, 5.74) is 0.796. The van der Waals surface area contributed by atoms with Crippen molar-refractivity contribution in [2.75, 3.05) is 11.9 Å². The van der Waals surface area contributed by atoms with Crippen LogP contribution in [-0.2, 0) is 4.79 Å². The van der Waals surface area contributed by atoms with Crippen LogP contribution in [0.3, 0.4) is 0 Å². The van der Waals surface area contributed by atoms with Gasteiger partial charge in [-0.15, -0.1) is 4.59 Å². The monoisotopic (exact) mass is 245 g/mol. The lowest BCUT2D eigenvalue weighted by atomic mass is 10.3. The van der Waals surface area contributed by atoms with Crippen molar-refractivity contribution < 1.29 is 9.39 Å². The third kappa shape index (κ3) is 2.62. The highest BCUT2D eigenvalue weighted by Gasteiger charge is 2.35. The first-order chi connectivity index (χ1) is 8.62. The van der Waals surface area contributed by atoms with Crippen molar-refractivity contribution in [2.24, 2.45) is 10.1 Å². The maximum atomic E-state index is 12.0. The number of aliphatic imine (C=N–C) groups is 1. The summed E-state index contributed by atoms with van der Waals surface area (Å²) in [6.45, 7) is 4.29.